The van der Waals surface area contributed by atoms with E-state index in [4.69, 9.17) is 30.4 Å². The van der Waals surface area contributed by atoms with Crippen molar-refractivity contribution in [1.29, 1.82) is 0 Å². The fraction of sp³-hybridized carbons (Fsp3) is 0.742. The van der Waals surface area contributed by atoms with E-state index in [-0.39, 0.29) is 30.7 Å². The first-order valence-corrected chi connectivity index (χ1v) is 14.8. The van der Waals surface area contributed by atoms with Crippen molar-refractivity contribution >= 4 is 11.8 Å². The van der Waals surface area contributed by atoms with Gasteiger partial charge in [0.1, 0.15) is 13.2 Å². The molecule has 0 saturated carbocycles. The smallest absolute Gasteiger partial charge is 0.224 e. The summed E-state index contributed by atoms with van der Waals surface area (Å²) in [6.45, 7) is 13.8. The topological polar surface area (TPSA) is 155 Å². The lowest BCUT2D eigenvalue weighted by Crippen LogP contribution is -2.46. The van der Waals surface area contributed by atoms with Crippen molar-refractivity contribution in [2.75, 3.05) is 40.1 Å². The fourth-order valence-corrected chi connectivity index (χ4v) is 4.83. The van der Waals surface area contributed by atoms with Crippen LogP contribution in [0.15, 0.2) is 12.1 Å². The predicted octanol–water partition coefficient (Wildman–Crippen LogP) is 3.06. The van der Waals surface area contributed by atoms with Gasteiger partial charge < -0.3 is 40.8 Å². The standard InChI is InChI=1S/C31H53N3O7/c1-19(2)22(13-21-14-26(39-10-8-9-38-7)28-27(15-21)40-11-12-41-28)16-24(32)25(35)17-23(20(3)4)29(36)34-18-31(5,6)30(33)37/h14-15,19-20,22-25,35H,8-13,16-18,32H2,1-7H3,(H2,33,37)(H,34,36)/t22-,23+,24-,25-/m0/s1. The van der Waals surface area contributed by atoms with Gasteiger partial charge >= 0.3 is 0 Å². The van der Waals surface area contributed by atoms with Crippen molar-refractivity contribution in [2.45, 2.75) is 79.4 Å². The monoisotopic (exact) mass is 579 g/mol. The van der Waals surface area contributed by atoms with Crippen LogP contribution in [-0.4, -0.2) is 69.1 Å². The van der Waals surface area contributed by atoms with E-state index in [1.165, 1.54) is 0 Å². The number of benzene rings is 1. The highest BCUT2D eigenvalue weighted by atomic mass is 16.6. The van der Waals surface area contributed by atoms with E-state index in [9.17, 15) is 14.7 Å². The molecule has 2 amide bonds. The van der Waals surface area contributed by atoms with Gasteiger partial charge in [-0.1, -0.05) is 27.7 Å². The third kappa shape index (κ3) is 10.7. The fourth-order valence-electron chi connectivity index (χ4n) is 4.83. The van der Waals surface area contributed by atoms with E-state index in [0.717, 1.165) is 18.4 Å². The molecule has 2 rings (SSSR count). The van der Waals surface area contributed by atoms with Crippen molar-refractivity contribution in [3.05, 3.63) is 17.7 Å². The second-order valence-corrected chi connectivity index (χ2v) is 12.5. The second kappa shape index (κ2) is 16.2. The molecule has 4 atom stereocenters. The van der Waals surface area contributed by atoms with Gasteiger partial charge in [0.15, 0.2) is 11.5 Å². The number of rotatable bonds is 18. The number of carbonyl (C=O) groups excluding carboxylic acids is 2. The molecule has 0 saturated heterocycles. The van der Waals surface area contributed by atoms with Gasteiger partial charge in [0.25, 0.3) is 0 Å². The summed E-state index contributed by atoms with van der Waals surface area (Å²) in [6.07, 6.45) is 1.43. The normalized spacial score (nSPS) is 16.3. The molecule has 0 aliphatic carbocycles. The average molecular weight is 580 g/mol. The van der Waals surface area contributed by atoms with Crippen LogP contribution in [0.2, 0.25) is 0 Å². The summed E-state index contributed by atoms with van der Waals surface area (Å²) in [4.78, 5) is 24.6. The Hall–Kier alpha value is -2.56. The first kappa shape index (κ1) is 34.6. The zero-order valence-electron chi connectivity index (χ0n) is 26.0. The largest absolute Gasteiger partial charge is 0.489 e. The minimum atomic E-state index is -0.863. The molecule has 0 aromatic heterocycles. The number of aliphatic hydroxyl groups is 1. The Labute approximate surface area is 245 Å². The van der Waals surface area contributed by atoms with Gasteiger partial charge in [-0.2, -0.15) is 0 Å². The number of amides is 2. The van der Waals surface area contributed by atoms with E-state index in [1.54, 1.807) is 21.0 Å². The lowest BCUT2D eigenvalue weighted by Gasteiger charge is -2.31. The summed E-state index contributed by atoms with van der Waals surface area (Å²) in [5.74, 6) is 1.26. The minimum Gasteiger partial charge on any atom is -0.489 e. The third-order valence-electron chi connectivity index (χ3n) is 7.94. The maximum atomic E-state index is 13.0. The van der Waals surface area contributed by atoms with Crippen molar-refractivity contribution in [3.8, 4) is 17.2 Å². The summed E-state index contributed by atoms with van der Waals surface area (Å²) < 4.78 is 22.9. The Morgan fingerprint density at radius 3 is 2.37 bits per heavy atom. The highest BCUT2D eigenvalue weighted by Crippen LogP contribution is 2.41. The molecule has 0 spiro atoms. The first-order valence-electron chi connectivity index (χ1n) is 14.8. The minimum absolute atomic E-state index is 0.0190. The van der Waals surface area contributed by atoms with E-state index in [2.05, 4.69) is 19.2 Å². The van der Waals surface area contributed by atoms with Crippen LogP contribution in [-0.2, 0) is 20.7 Å². The molecule has 0 unspecified atom stereocenters. The van der Waals surface area contributed by atoms with Crippen LogP contribution in [0.5, 0.6) is 17.2 Å². The zero-order chi connectivity index (χ0) is 30.7. The Morgan fingerprint density at radius 1 is 1.07 bits per heavy atom. The molecular weight excluding hydrogens is 526 g/mol. The maximum Gasteiger partial charge on any atom is 0.224 e. The number of hydrogen-bond acceptors (Lipinski definition) is 8. The molecular formula is C31H53N3O7. The van der Waals surface area contributed by atoms with E-state index < -0.39 is 29.4 Å². The van der Waals surface area contributed by atoms with Crippen molar-refractivity contribution < 1.29 is 33.6 Å². The number of hydrogen-bond donors (Lipinski definition) is 4. The number of methoxy groups -OCH3 is 1. The number of primary amides is 1. The van der Waals surface area contributed by atoms with Gasteiger partial charge in [0.05, 0.1) is 18.1 Å². The molecule has 1 aliphatic rings. The van der Waals surface area contributed by atoms with Crippen LogP contribution in [0.25, 0.3) is 0 Å². The molecule has 1 aromatic carbocycles. The molecule has 0 bridgehead atoms. The molecule has 10 heteroatoms. The summed E-state index contributed by atoms with van der Waals surface area (Å²) in [7, 11) is 1.66. The molecule has 1 aromatic rings. The Morgan fingerprint density at radius 2 is 1.76 bits per heavy atom. The predicted molar refractivity (Wildman–Crippen MR) is 159 cm³/mol. The van der Waals surface area contributed by atoms with Gasteiger partial charge in [-0.15, -0.1) is 0 Å². The van der Waals surface area contributed by atoms with Crippen LogP contribution >= 0.6 is 0 Å². The number of ether oxygens (including phenoxy) is 4. The van der Waals surface area contributed by atoms with Crippen LogP contribution in [0.3, 0.4) is 0 Å². The molecule has 1 heterocycles. The van der Waals surface area contributed by atoms with Crippen molar-refractivity contribution in [3.63, 3.8) is 0 Å². The van der Waals surface area contributed by atoms with Crippen LogP contribution < -0.4 is 31.0 Å². The zero-order valence-corrected chi connectivity index (χ0v) is 26.0. The number of carbonyl (C=O) groups is 2. The second-order valence-electron chi connectivity index (χ2n) is 12.5. The van der Waals surface area contributed by atoms with Gasteiger partial charge in [-0.25, -0.2) is 0 Å². The third-order valence-corrected chi connectivity index (χ3v) is 7.94. The van der Waals surface area contributed by atoms with Crippen molar-refractivity contribution in [1.82, 2.24) is 5.32 Å². The maximum absolute atomic E-state index is 13.0. The molecule has 41 heavy (non-hydrogen) atoms. The summed E-state index contributed by atoms with van der Waals surface area (Å²) in [5.41, 5.74) is 12.2. The lowest BCUT2D eigenvalue weighted by atomic mass is 9.80. The number of fused-ring (bicyclic) bond motifs is 1. The number of aliphatic hydroxyl groups excluding tert-OH is 1. The summed E-state index contributed by atoms with van der Waals surface area (Å²) in [5, 5.41) is 13.9. The highest BCUT2D eigenvalue weighted by Gasteiger charge is 2.32. The first-order chi connectivity index (χ1) is 19.3. The molecule has 234 valence electrons. The van der Waals surface area contributed by atoms with Gasteiger partial charge in [0, 0.05) is 38.6 Å². The van der Waals surface area contributed by atoms with Crippen molar-refractivity contribution in [2.24, 2.45) is 40.6 Å². The molecule has 1 aliphatic heterocycles. The SMILES string of the molecule is COCCCOc1cc(C[C@@H](C[C@H](N)[C@@H](O)C[C@@H](C(=O)NCC(C)(C)C(N)=O)C(C)C)C(C)C)cc2c1OCCO2. The van der Waals surface area contributed by atoms with Gasteiger partial charge in [-0.05, 0) is 68.6 Å². The van der Waals surface area contributed by atoms with E-state index in [0.29, 0.717) is 56.0 Å². The molecule has 10 nitrogen and oxygen atoms in total. The average Bonchev–Trinajstić information content (AvgIpc) is 2.91. The van der Waals surface area contributed by atoms with Crippen LogP contribution in [0, 0.1) is 29.1 Å². The Bertz CT molecular complexity index is 983. The van der Waals surface area contributed by atoms with E-state index in [1.807, 2.05) is 26.0 Å². The summed E-state index contributed by atoms with van der Waals surface area (Å²) >= 11 is 0. The lowest BCUT2D eigenvalue weighted by molar-refractivity contribution is -0.130. The van der Waals surface area contributed by atoms with Crippen LogP contribution in [0.4, 0.5) is 0 Å². The quantitative estimate of drug-likeness (QED) is 0.193. The Balaban J connectivity index is 2.09. The molecule has 0 radical (unpaired) electrons. The van der Waals surface area contributed by atoms with Gasteiger partial charge in [0.2, 0.25) is 17.6 Å². The van der Waals surface area contributed by atoms with Crippen LogP contribution in [0.1, 0.15) is 66.4 Å². The highest BCUT2D eigenvalue weighted by molar-refractivity contribution is 5.83. The number of nitrogens with one attached hydrogen (secondary N) is 1. The number of nitrogens with two attached hydrogens (primary N) is 2. The summed E-state index contributed by atoms with van der Waals surface area (Å²) in [6, 6.07) is 3.49. The molecule has 0 fully saturated rings. The Kier molecular flexibility index (Phi) is 13.7. The van der Waals surface area contributed by atoms with E-state index >= 15 is 0 Å². The molecule has 6 N–H and O–H groups in total. The van der Waals surface area contributed by atoms with Gasteiger partial charge in [-0.3, -0.25) is 9.59 Å².